The van der Waals surface area contributed by atoms with E-state index in [1.54, 1.807) is 36.1 Å². The molecule has 1 saturated heterocycles. The van der Waals surface area contributed by atoms with Crippen LogP contribution in [0.25, 0.3) is 0 Å². The molecule has 182 valence electrons. The highest BCUT2D eigenvalue weighted by Gasteiger charge is 2.40. The Bertz CT molecular complexity index is 1000. The minimum absolute atomic E-state index is 0.0294. The average molecular weight is 490 g/mol. The van der Waals surface area contributed by atoms with Gasteiger partial charge in [0.05, 0.1) is 29.8 Å². The topological polar surface area (TPSA) is 114 Å². The van der Waals surface area contributed by atoms with Crippen LogP contribution in [0.15, 0.2) is 35.5 Å². The van der Waals surface area contributed by atoms with Crippen molar-refractivity contribution in [1.29, 1.82) is 0 Å². The van der Waals surface area contributed by atoms with Crippen LogP contribution in [0.2, 0.25) is 5.02 Å². The molecular formula is C24H28ClN3O6. The fourth-order valence-electron chi connectivity index (χ4n) is 4.81. The molecule has 2 fully saturated rings. The second-order valence-corrected chi connectivity index (χ2v) is 9.13. The zero-order chi connectivity index (χ0) is 24.2. The zero-order valence-corrected chi connectivity index (χ0v) is 19.7. The number of amides is 3. The predicted molar refractivity (Wildman–Crippen MR) is 123 cm³/mol. The van der Waals surface area contributed by atoms with E-state index in [4.69, 9.17) is 21.1 Å². The van der Waals surface area contributed by atoms with Crippen molar-refractivity contribution in [3.8, 4) is 0 Å². The minimum atomic E-state index is -0.801. The minimum Gasteiger partial charge on any atom is -0.463 e. The highest BCUT2D eigenvalue weighted by Crippen LogP contribution is 2.31. The number of likely N-dealkylation sites (tertiary alicyclic amines) is 1. The average Bonchev–Trinajstić information content (AvgIpc) is 3.47. The van der Waals surface area contributed by atoms with Gasteiger partial charge in [0.1, 0.15) is 6.61 Å². The second-order valence-electron chi connectivity index (χ2n) is 8.69. The van der Waals surface area contributed by atoms with Gasteiger partial charge in [-0.25, -0.2) is 9.59 Å². The molecule has 34 heavy (non-hydrogen) atoms. The van der Waals surface area contributed by atoms with Gasteiger partial charge in [0, 0.05) is 24.0 Å². The molecule has 2 aliphatic heterocycles. The lowest BCUT2D eigenvalue weighted by atomic mass is 9.95. The largest absolute Gasteiger partial charge is 0.463 e. The molecule has 1 saturated carbocycles. The first-order valence-corrected chi connectivity index (χ1v) is 11.9. The molecule has 0 spiro atoms. The summed E-state index contributed by atoms with van der Waals surface area (Å²) in [7, 11) is 0. The molecule has 0 radical (unpaired) electrons. The first-order valence-electron chi connectivity index (χ1n) is 11.6. The van der Waals surface area contributed by atoms with Crippen LogP contribution in [0.3, 0.4) is 0 Å². The fraction of sp³-hybridized carbons (Fsp3) is 0.500. The molecule has 1 aromatic carbocycles. The van der Waals surface area contributed by atoms with E-state index in [9.17, 15) is 19.2 Å². The number of benzene rings is 1. The summed E-state index contributed by atoms with van der Waals surface area (Å²) in [6, 6.07) is 5.56. The van der Waals surface area contributed by atoms with E-state index >= 15 is 0 Å². The molecule has 0 bridgehead atoms. The van der Waals surface area contributed by atoms with Crippen LogP contribution in [0.1, 0.15) is 50.6 Å². The molecule has 0 aromatic heterocycles. The normalized spacial score (nSPS) is 23.1. The third kappa shape index (κ3) is 5.19. The molecule has 2 heterocycles. The van der Waals surface area contributed by atoms with Gasteiger partial charge in [-0.3, -0.25) is 9.59 Å². The van der Waals surface area contributed by atoms with Crippen molar-refractivity contribution < 1.29 is 28.7 Å². The molecule has 3 amide bonds. The molecule has 1 aromatic rings. The Morgan fingerprint density at radius 1 is 1.12 bits per heavy atom. The van der Waals surface area contributed by atoms with Gasteiger partial charge >= 0.3 is 18.0 Å². The number of carbonyl (C=O) groups excluding carboxylic acids is 4. The molecular weight excluding hydrogens is 462 g/mol. The predicted octanol–water partition coefficient (Wildman–Crippen LogP) is 2.85. The molecule has 9 nitrogen and oxygen atoms in total. The van der Waals surface area contributed by atoms with Gasteiger partial charge < -0.3 is 25.0 Å². The van der Waals surface area contributed by atoms with Crippen molar-refractivity contribution in [3.63, 3.8) is 0 Å². The highest BCUT2D eigenvalue weighted by atomic mass is 35.5. The highest BCUT2D eigenvalue weighted by molar-refractivity contribution is 6.30. The number of urea groups is 1. The number of esters is 2. The van der Waals surface area contributed by atoms with E-state index < -0.39 is 29.9 Å². The van der Waals surface area contributed by atoms with Crippen LogP contribution in [-0.4, -0.2) is 54.6 Å². The zero-order valence-electron chi connectivity index (χ0n) is 19.0. The Morgan fingerprint density at radius 2 is 1.82 bits per heavy atom. The van der Waals surface area contributed by atoms with Crippen molar-refractivity contribution >= 4 is 35.5 Å². The summed E-state index contributed by atoms with van der Waals surface area (Å²) in [6.07, 6.45) is 4.23. The van der Waals surface area contributed by atoms with E-state index in [1.165, 1.54) is 0 Å². The maximum Gasteiger partial charge on any atom is 0.338 e. The van der Waals surface area contributed by atoms with Gasteiger partial charge in [-0.1, -0.05) is 36.6 Å². The van der Waals surface area contributed by atoms with Crippen LogP contribution in [-0.2, 0) is 23.9 Å². The Labute approximate surface area is 202 Å². The lowest BCUT2D eigenvalue weighted by molar-refractivity contribution is -0.148. The maximum absolute atomic E-state index is 12.8. The fourth-order valence-corrected chi connectivity index (χ4v) is 4.93. The molecule has 2 unspecified atom stereocenters. The Balaban J connectivity index is 1.51. The Morgan fingerprint density at radius 3 is 2.50 bits per heavy atom. The Hall–Kier alpha value is -3.07. The van der Waals surface area contributed by atoms with Crippen molar-refractivity contribution in [2.45, 2.75) is 51.1 Å². The van der Waals surface area contributed by atoms with Crippen LogP contribution in [0, 0.1) is 5.92 Å². The Kier molecular flexibility index (Phi) is 7.41. The summed E-state index contributed by atoms with van der Waals surface area (Å²) < 4.78 is 10.7. The number of halogens is 1. The number of nitrogens with one attached hydrogen (secondary N) is 2. The summed E-state index contributed by atoms with van der Waals surface area (Å²) >= 11 is 5.98. The lowest BCUT2D eigenvalue weighted by Gasteiger charge is -2.29. The van der Waals surface area contributed by atoms with Gasteiger partial charge in [-0.2, -0.15) is 0 Å². The number of rotatable bonds is 7. The summed E-state index contributed by atoms with van der Waals surface area (Å²) in [5.41, 5.74) is 0.916. The molecule has 10 heteroatoms. The first-order chi connectivity index (χ1) is 16.4. The standard InChI is InChI=1S/C24H28ClN3O6/c1-2-33-23(31)20-18(26-24(32)27-21(20)14-7-9-16(25)10-8-14)13-34-22(30)15-11-19(29)28(12-15)17-5-3-4-6-17/h7-10,15,17,21H,2-6,11-13H2,1H3,(H2,26,27,32). The van der Waals surface area contributed by atoms with Crippen molar-refractivity contribution in [3.05, 3.63) is 46.1 Å². The first kappa shape index (κ1) is 24.1. The van der Waals surface area contributed by atoms with Gasteiger partial charge in [-0.05, 0) is 37.5 Å². The van der Waals surface area contributed by atoms with E-state index in [0.717, 1.165) is 25.7 Å². The quantitative estimate of drug-likeness (QED) is 0.569. The smallest absolute Gasteiger partial charge is 0.338 e. The van der Waals surface area contributed by atoms with Crippen LogP contribution in [0.5, 0.6) is 0 Å². The summed E-state index contributed by atoms with van der Waals surface area (Å²) in [5.74, 6) is -1.76. The summed E-state index contributed by atoms with van der Waals surface area (Å²) in [4.78, 5) is 52.2. The van der Waals surface area contributed by atoms with Crippen molar-refractivity contribution in [1.82, 2.24) is 15.5 Å². The van der Waals surface area contributed by atoms with Crippen LogP contribution >= 0.6 is 11.6 Å². The molecule has 2 atom stereocenters. The van der Waals surface area contributed by atoms with Crippen LogP contribution in [0.4, 0.5) is 4.79 Å². The van der Waals surface area contributed by atoms with E-state index in [-0.39, 0.29) is 42.9 Å². The van der Waals surface area contributed by atoms with Gasteiger partial charge in [0.15, 0.2) is 0 Å². The van der Waals surface area contributed by atoms with E-state index in [2.05, 4.69) is 10.6 Å². The molecule has 2 N–H and O–H groups in total. The number of hydrogen-bond acceptors (Lipinski definition) is 6. The van der Waals surface area contributed by atoms with Crippen LogP contribution < -0.4 is 10.6 Å². The lowest BCUT2D eigenvalue weighted by Crippen LogP contribution is -2.47. The number of carbonyl (C=O) groups is 4. The SMILES string of the molecule is CCOC(=O)C1=C(COC(=O)C2CC(=O)N(C3CCCC3)C2)NC(=O)NC1c1ccc(Cl)cc1. The summed E-state index contributed by atoms with van der Waals surface area (Å²) in [5, 5.41) is 5.80. The molecule has 4 rings (SSSR count). The number of nitrogens with zero attached hydrogens (tertiary/aromatic N) is 1. The van der Waals surface area contributed by atoms with Crippen molar-refractivity contribution in [2.75, 3.05) is 19.8 Å². The van der Waals surface area contributed by atoms with Gasteiger partial charge in [0.2, 0.25) is 5.91 Å². The van der Waals surface area contributed by atoms with Gasteiger partial charge in [0.25, 0.3) is 0 Å². The number of hydrogen-bond donors (Lipinski definition) is 2. The third-order valence-corrected chi connectivity index (χ3v) is 6.72. The van der Waals surface area contributed by atoms with Gasteiger partial charge in [-0.15, -0.1) is 0 Å². The third-order valence-electron chi connectivity index (χ3n) is 6.47. The molecule has 3 aliphatic rings. The monoisotopic (exact) mass is 489 g/mol. The maximum atomic E-state index is 12.8. The van der Waals surface area contributed by atoms with E-state index in [1.807, 2.05) is 0 Å². The second kappa shape index (κ2) is 10.5. The summed E-state index contributed by atoms with van der Waals surface area (Å²) in [6.45, 7) is 1.83. The van der Waals surface area contributed by atoms with E-state index in [0.29, 0.717) is 17.1 Å². The molecule has 1 aliphatic carbocycles. The number of ether oxygens (including phenoxy) is 2. The van der Waals surface area contributed by atoms with Crippen molar-refractivity contribution in [2.24, 2.45) is 5.92 Å².